The van der Waals surface area contributed by atoms with Gasteiger partial charge in [0.2, 0.25) is 0 Å². The first-order valence-corrected chi connectivity index (χ1v) is 6.41. The van der Waals surface area contributed by atoms with Gasteiger partial charge in [-0.1, -0.05) is 54.6 Å². The first-order valence-electron chi connectivity index (χ1n) is 6.41. The highest BCUT2D eigenvalue weighted by Crippen LogP contribution is 2.24. The van der Waals surface area contributed by atoms with Gasteiger partial charge in [0, 0.05) is 6.07 Å². The van der Waals surface area contributed by atoms with Gasteiger partial charge in [0.1, 0.15) is 11.5 Å². The first kappa shape index (κ1) is 12.3. The molecule has 0 fully saturated rings. The van der Waals surface area contributed by atoms with Crippen molar-refractivity contribution < 1.29 is 10.2 Å². The second-order valence-corrected chi connectivity index (χ2v) is 4.68. The molecule has 0 atom stereocenters. The van der Waals surface area contributed by atoms with Crippen molar-refractivity contribution in [3.63, 3.8) is 0 Å². The highest BCUT2D eigenvalue weighted by atomic mass is 16.3. The molecule has 0 unspecified atom stereocenters. The molecule has 0 heterocycles. The summed E-state index contributed by atoms with van der Waals surface area (Å²) >= 11 is 0. The molecule has 0 radical (unpaired) electrons. The van der Waals surface area contributed by atoms with Gasteiger partial charge in [0.25, 0.3) is 0 Å². The minimum Gasteiger partial charge on any atom is -0.508 e. The summed E-state index contributed by atoms with van der Waals surface area (Å²) in [4.78, 5) is 0. The monoisotopic (exact) mass is 262 g/mol. The molecule has 3 rings (SSSR count). The van der Waals surface area contributed by atoms with Crippen LogP contribution in [-0.4, -0.2) is 10.2 Å². The van der Waals surface area contributed by atoms with Gasteiger partial charge in [-0.3, -0.25) is 0 Å². The minimum atomic E-state index is 0.0579. The van der Waals surface area contributed by atoms with E-state index in [1.54, 1.807) is 12.1 Å². The predicted molar refractivity (Wildman–Crippen MR) is 82.6 cm³/mol. The molecule has 0 aliphatic heterocycles. The largest absolute Gasteiger partial charge is 0.508 e. The zero-order chi connectivity index (χ0) is 13.9. The Morgan fingerprint density at radius 2 is 1.40 bits per heavy atom. The number of phenolic OH excluding ortho intramolecular Hbond substituents is 2. The Bertz CT molecular complexity index is 763. The Balaban J connectivity index is 2.02. The molecule has 0 aliphatic carbocycles. The van der Waals surface area contributed by atoms with Crippen LogP contribution in [0.4, 0.5) is 0 Å². The molecule has 0 aromatic heterocycles. The van der Waals surface area contributed by atoms with E-state index in [2.05, 4.69) is 18.2 Å². The third-order valence-corrected chi connectivity index (χ3v) is 3.20. The van der Waals surface area contributed by atoms with Gasteiger partial charge in [-0.25, -0.2) is 0 Å². The van der Waals surface area contributed by atoms with Crippen molar-refractivity contribution in [2.24, 2.45) is 0 Å². The Hall–Kier alpha value is -2.74. The smallest absolute Gasteiger partial charge is 0.119 e. The maximum absolute atomic E-state index is 9.47. The molecule has 2 heteroatoms. The fraction of sp³-hybridized carbons (Fsp3) is 0. The summed E-state index contributed by atoms with van der Waals surface area (Å²) in [6, 6.07) is 18.9. The topological polar surface area (TPSA) is 40.5 Å². The zero-order valence-electron chi connectivity index (χ0n) is 10.8. The number of hydrogen-bond donors (Lipinski definition) is 2. The average molecular weight is 262 g/mol. The van der Waals surface area contributed by atoms with Gasteiger partial charge in [0.05, 0.1) is 0 Å². The molecular weight excluding hydrogens is 248 g/mol. The Labute approximate surface area is 117 Å². The van der Waals surface area contributed by atoms with Crippen molar-refractivity contribution in [3.8, 4) is 11.5 Å². The van der Waals surface area contributed by atoms with Crippen LogP contribution in [0.2, 0.25) is 0 Å². The van der Waals surface area contributed by atoms with E-state index in [0.29, 0.717) is 0 Å². The molecule has 2 nitrogen and oxygen atoms in total. The number of fused-ring (bicyclic) bond motifs is 1. The summed E-state index contributed by atoms with van der Waals surface area (Å²) in [5.41, 5.74) is 1.86. The van der Waals surface area contributed by atoms with Gasteiger partial charge < -0.3 is 10.2 Å². The number of rotatable bonds is 2. The third-order valence-electron chi connectivity index (χ3n) is 3.20. The molecule has 98 valence electrons. The Morgan fingerprint density at radius 1 is 0.700 bits per heavy atom. The molecule has 0 spiro atoms. The van der Waals surface area contributed by atoms with Crippen molar-refractivity contribution in [3.05, 3.63) is 71.8 Å². The van der Waals surface area contributed by atoms with E-state index in [1.807, 2.05) is 36.4 Å². The summed E-state index contributed by atoms with van der Waals surface area (Å²) < 4.78 is 0. The normalized spacial score (nSPS) is 11.2. The molecule has 2 N–H and O–H groups in total. The third kappa shape index (κ3) is 2.50. The van der Waals surface area contributed by atoms with Gasteiger partial charge in [-0.05, 0) is 34.0 Å². The second kappa shape index (κ2) is 5.10. The second-order valence-electron chi connectivity index (χ2n) is 4.68. The van der Waals surface area contributed by atoms with Crippen LogP contribution >= 0.6 is 0 Å². The number of hydrogen-bond acceptors (Lipinski definition) is 2. The molecule has 0 saturated carbocycles. The van der Waals surface area contributed by atoms with Crippen LogP contribution in [0.3, 0.4) is 0 Å². The quantitative estimate of drug-likeness (QED) is 0.671. The van der Waals surface area contributed by atoms with E-state index in [0.717, 1.165) is 11.1 Å². The van der Waals surface area contributed by atoms with Crippen molar-refractivity contribution in [2.45, 2.75) is 0 Å². The summed E-state index contributed by atoms with van der Waals surface area (Å²) in [5.74, 6) is 0.116. The van der Waals surface area contributed by atoms with Crippen molar-refractivity contribution in [2.75, 3.05) is 0 Å². The van der Waals surface area contributed by atoms with Gasteiger partial charge in [-0.2, -0.15) is 0 Å². The Kier molecular flexibility index (Phi) is 3.13. The standard InChI is InChI=1S/C18H14O2/c19-16-10-13(11-17(20)12-16)8-9-15-6-3-5-14-4-1-2-7-18(14)15/h1-12,19-20H/b9-8+. The average Bonchev–Trinajstić information content (AvgIpc) is 2.44. The summed E-state index contributed by atoms with van der Waals surface area (Å²) in [6.07, 6.45) is 3.86. The molecule has 20 heavy (non-hydrogen) atoms. The lowest BCUT2D eigenvalue weighted by molar-refractivity contribution is 0.450. The van der Waals surface area contributed by atoms with Crippen molar-refractivity contribution in [1.82, 2.24) is 0 Å². The highest BCUT2D eigenvalue weighted by molar-refractivity contribution is 5.92. The van der Waals surface area contributed by atoms with Crippen LogP contribution in [0.15, 0.2) is 60.7 Å². The van der Waals surface area contributed by atoms with Crippen LogP contribution in [0.1, 0.15) is 11.1 Å². The molecule has 0 aliphatic rings. The van der Waals surface area contributed by atoms with Gasteiger partial charge in [0.15, 0.2) is 0 Å². The molecule has 3 aromatic rings. The molecule has 0 saturated heterocycles. The SMILES string of the molecule is Oc1cc(O)cc(/C=C/c2cccc3ccccc23)c1. The molecule has 0 bridgehead atoms. The lowest BCUT2D eigenvalue weighted by atomic mass is 10.0. The summed E-state index contributed by atoms with van der Waals surface area (Å²) in [7, 11) is 0. The van der Waals surface area contributed by atoms with Crippen LogP contribution in [0, 0.1) is 0 Å². The molecular formula is C18H14O2. The molecule has 3 aromatic carbocycles. The summed E-state index contributed by atoms with van der Waals surface area (Å²) in [5, 5.41) is 21.3. The fourth-order valence-electron chi connectivity index (χ4n) is 2.30. The van der Waals surface area contributed by atoms with E-state index in [4.69, 9.17) is 0 Å². The van der Waals surface area contributed by atoms with Crippen molar-refractivity contribution in [1.29, 1.82) is 0 Å². The maximum Gasteiger partial charge on any atom is 0.119 e. The van der Waals surface area contributed by atoms with E-state index in [9.17, 15) is 10.2 Å². The number of benzene rings is 3. The number of phenols is 2. The van der Waals surface area contributed by atoms with Gasteiger partial charge >= 0.3 is 0 Å². The Morgan fingerprint density at radius 3 is 2.20 bits per heavy atom. The minimum absolute atomic E-state index is 0.0579. The van der Waals surface area contributed by atoms with Crippen LogP contribution in [-0.2, 0) is 0 Å². The highest BCUT2D eigenvalue weighted by Gasteiger charge is 1.98. The predicted octanol–water partition coefficient (Wildman–Crippen LogP) is 4.42. The lowest BCUT2D eigenvalue weighted by Crippen LogP contribution is -1.78. The van der Waals surface area contributed by atoms with E-state index >= 15 is 0 Å². The number of aromatic hydroxyl groups is 2. The van der Waals surface area contributed by atoms with Crippen LogP contribution < -0.4 is 0 Å². The zero-order valence-corrected chi connectivity index (χ0v) is 10.8. The first-order chi connectivity index (χ1) is 9.72. The van der Waals surface area contributed by atoms with E-state index in [-0.39, 0.29) is 11.5 Å². The van der Waals surface area contributed by atoms with Gasteiger partial charge in [-0.15, -0.1) is 0 Å². The lowest BCUT2D eigenvalue weighted by Gasteiger charge is -2.02. The van der Waals surface area contributed by atoms with E-state index < -0.39 is 0 Å². The maximum atomic E-state index is 9.47. The molecule has 0 amide bonds. The fourth-order valence-corrected chi connectivity index (χ4v) is 2.30. The van der Waals surface area contributed by atoms with Crippen LogP contribution in [0.5, 0.6) is 11.5 Å². The van der Waals surface area contributed by atoms with Crippen molar-refractivity contribution >= 4 is 22.9 Å². The van der Waals surface area contributed by atoms with E-state index in [1.165, 1.54) is 16.8 Å². The van der Waals surface area contributed by atoms with Crippen LogP contribution in [0.25, 0.3) is 22.9 Å². The summed E-state index contributed by atoms with van der Waals surface area (Å²) in [6.45, 7) is 0.